The van der Waals surface area contributed by atoms with E-state index in [-0.39, 0.29) is 17.5 Å². The normalized spacial score (nSPS) is 28.7. The minimum Gasteiger partial charge on any atom is -0.372 e. The first-order valence-corrected chi connectivity index (χ1v) is 6.49. The van der Waals surface area contributed by atoms with E-state index < -0.39 is 9.84 Å². The fourth-order valence-electron chi connectivity index (χ4n) is 1.57. The SMILES string of the molecule is CC(C)(C)OC1CCCS(=O)(=O)C1. The molecule has 1 unspecified atom stereocenters. The quantitative estimate of drug-likeness (QED) is 0.651. The molecular formula is C9H18O3S. The average molecular weight is 206 g/mol. The van der Waals surface area contributed by atoms with Gasteiger partial charge in [0.1, 0.15) is 0 Å². The zero-order chi connectivity index (χ0) is 10.1. The largest absolute Gasteiger partial charge is 0.372 e. The van der Waals surface area contributed by atoms with Crippen LogP contribution >= 0.6 is 0 Å². The number of rotatable bonds is 1. The summed E-state index contributed by atoms with van der Waals surface area (Å²) in [4.78, 5) is 0. The Kier molecular flexibility index (Phi) is 3.02. The Bertz CT molecular complexity index is 261. The highest BCUT2D eigenvalue weighted by Crippen LogP contribution is 2.20. The third-order valence-corrected chi connectivity index (χ3v) is 3.73. The van der Waals surface area contributed by atoms with Crippen LogP contribution < -0.4 is 0 Å². The minimum atomic E-state index is -2.83. The van der Waals surface area contributed by atoms with Crippen molar-refractivity contribution < 1.29 is 13.2 Å². The van der Waals surface area contributed by atoms with Crippen molar-refractivity contribution in [1.82, 2.24) is 0 Å². The fourth-order valence-corrected chi connectivity index (χ4v) is 3.15. The summed E-state index contributed by atoms with van der Waals surface area (Å²) in [6, 6.07) is 0. The van der Waals surface area contributed by atoms with Crippen molar-refractivity contribution in [3.8, 4) is 0 Å². The van der Waals surface area contributed by atoms with E-state index in [1.807, 2.05) is 20.8 Å². The maximum Gasteiger partial charge on any atom is 0.152 e. The number of sulfone groups is 1. The molecule has 0 saturated carbocycles. The van der Waals surface area contributed by atoms with Crippen LogP contribution in [0.4, 0.5) is 0 Å². The molecular weight excluding hydrogens is 188 g/mol. The van der Waals surface area contributed by atoms with Gasteiger partial charge in [0.15, 0.2) is 9.84 Å². The predicted molar refractivity (Wildman–Crippen MR) is 52.5 cm³/mol. The zero-order valence-electron chi connectivity index (χ0n) is 8.54. The maximum absolute atomic E-state index is 11.3. The Morgan fingerprint density at radius 3 is 2.38 bits per heavy atom. The van der Waals surface area contributed by atoms with Crippen LogP contribution in [0.5, 0.6) is 0 Å². The first kappa shape index (κ1) is 11.0. The van der Waals surface area contributed by atoms with Crippen LogP contribution in [0.3, 0.4) is 0 Å². The molecule has 13 heavy (non-hydrogen) atoms. The molecule has 0 amide bonds. The molecule has 1 fully saturated rings. The molecule has 0 aromatic carbocycles. The maximum atomic E-state index is 11.3. The molecule has 0 N–H and O–H groups in total. The van der Waals surface area contributed by atoms with Gasteiger partial charge in [0.2, 0.25) is 0 Å². The van der Waals surface area contributed by atoms with Crippen molar-refractivity contribution in [2.75, 3.05) is 11.5 Å². The second kappa shape index (κ2) is 3.58. The van der Waals surface area contributed by atoms with Crippen molar-refractivity contribution in [2.24, 2.45) is 0 Å². The molecule has 1 atom stereocenters. The van der Waals surface area contributed by atoms with Crippen molar-refractivity contribution in [3.05, 3.63) is 0 Å². The highest BCUT2D eigenvalue weighted by atomic mass is 32.2. The van der Waals surface area contributed by atoms with Gasteiger partial charge in [-0.2, -0.15) is 0 Å². The van der Waals surface area contributed by atoms with Gasteiger partial charge in [-0.15, -0.1) is 0 Å². The van der Waals surface area contributed by atoms with Gasteiger partial charge < -0.3 is 4.74 Å². The summed E-state index contributed by atoms with van der Waals surface area (Å²) in [6.45, 7) is 5.86. The molecule has 4 heteroatoms. The summed E-state index contributed by atoms with van der Waals surface area (Å²) >= 11 is 0. The van der Waals surface area contributed by atoms with Gasteiger partial charge in [0.05, 0.1) is 23.2 Å². The molecule has 3 nitrogen and oxygen atoms in total. The molecule has 0 aromatic heterocycles. The molecule has 1 aliphatic rings. The second-order valence-electron chi connectivity index (χ2n) is 4.61. The number of ether oxygens (including phenoxy) is 1. The second-order valence-corrected chi connectivity index (χ2v) is 6.84. The molecule has 78 valence electrons. The Morgan fingerprint density at radius 1 is 1.31 bits per heavy atom. The molecule has 0 aliphatic carbocycles. The summed E-state index contributed by atoms with van der Waals surface area (Å²) in [5, 5.41) is 0. The Labute approximate surface area is 80.4 Å². The summed E-state index contributed by atoms with van der Waals surface area (Å²) in [6.07, 6.45) is 1.51. The Balaban J connectivity index is 2.54. The Morgan fingerprint density at radius 2 is 1.92 bits per heavy atom. The third-order valence-electron chi connectivity index (χ3n) is 1.94. The topological polar surface area (TPSA) is 43.4 Å². The van der Waals surface area contributed by atoms with Gasteiger partial charge in [0.25, 0.3) is 0 Å². The number of hydrogen-bond acceptors (Lipinski definition) is 3. The molecule has 1 heterocycles. The lowest BCUT2D eigenvalue weighted by molar-refractivity contribution is -0.0539. The zero-order valence-corrected chi connectivity index (χ0v) is 9.36. The minimum absolute atomic E-state index is 0.0984. The van der Waals surface area contributed by atoms with E-state index in [0.717, 1.165) is 12.8 Å². The smallest absolute Gasteiger partial charge is 0.152 e. The predicted octanol–water partition coefficient (Wildman–Crippen LogP) is 1.38. The standard InChI is InChI=1S/C9H18O3S/c1-9(2,3)12-8-5-4-6-13(10,11)7-8/h8H,4-7H2,1-3H3. The van der Waals surface area contributed by atoms with E-state index >= 15 is 0 Å². The molecule has 1 rings (SSSR count). The Hall–Kier alpha value is -0.0900. The lowest BCUT2D eigenvalue weighted by Gasteiger charge is -2.29. The van der Waals surface area contributed by atoms with Crippen molar-refractivity contribution in [2.45, 2.75) is 45.3 Å². The van der Waals surface area contributed by atoms with Gasteiger partial charge >= 0.3 is 0 Å². The summed E-state index contributed by atoms with van der Waals surface area (Å²) < 4.78 is 28.2. The van der Waals surface area contributed by atoms with E-state index in [9.17, 15) is 8.42 Å². The van der Waals surface area contributed by atoms with Gasteiger partial charge in [-0.05, 0) is 33.6 Å². The molecule has 0 aromatic rings. The van der Waals surface area contributed by atoms with Crippen LogP contribution in [0, 0.1) is 0 Å². The van der Waals surface area contributed by atoms with Crippen LogP contribution in [0.25, 0.3) is 0 Å². The number of hydrogen-bond donors (Lipinski definition) is 0. The van der Waals surface area contributed by atoms with Crippen molar-refractivity contribution in [1.29, 1.82) is 0 Å². The molecule has 1 aliphatic heterocycles. The van der Waals surface area contributed by atoms with Gasteiger partial charge in [-0.3, -0.25) is 0 Å². The lowest BCUT2D eigenvalue weighted by atomic mass is 10.1. The van der Waals surface area contributed by atoms with E-state index in [0.29, 0.717) is 5.75 Å². The first-order valence-electron chi connectivity index (χ1n) is 4.67. The van der Waals surface area contributed by atoms with Crippen LogP contribution in [0.1, 0.15) is 33.6 Å². The van der Waals surface area contributed by atoms with Crippen LogP contribution in [-0.4, -0.2) is 31.6 Å². The molecule has 0 radical (unpaired) electrons. The molecule has 0 spiro atoms. The molecule has 1 saturated heterocycles. The van der Waals surface area contributed by atoms with Crippen LogP contribution in [-0.2, 0) is 14.6 Å². The van der Waals surface area contributed by atoms with E-state index in [4.69, 9.17) is 4.74 Å². The van der Waals surface area contributed by atoms with Crippen molar-refractivity contribution in [3.63, 3.8) is 0 Å². The highest BCUT2D eigenvalue weighted by molar-refractivity contribution is 7.91. The van der Waals surface area contributed by atoms with Crippen LogP contribution in [0.15, 0.2) is 0 Å². The van der Waals surface area contributed by atoms with Gasteiger partial charge in [0, 0.05) is 0 Å². The summed E-state index contributed by atoms with van der Waals surface area (Å²) in [7, 11) is -2.83. The average Bonchev–Trinajstić information content (AvgIpc) is 1.79. The van der Waals surface area contributed by atoms with Crippen molar-refractivity contribution >= 4 is 9.84 Å². The van der Waals surface area contributed by atoms with E-state index in [2.05, 4.69) is 0 Å². The first-order chi connectivity index (χ1) is 5.79. The van der Waals surface area contributed by atoms with E-state index in [1.54, 1.807) is 0 Å². The highest BCUT2D eigenvalue weighted by Gasteiger charge is 2.28. The van der Waals surface area contributed by atoms with E-state index in [1.165, 1.54) is 0 Å². The monoisotopic (exact) mass is 206 g/mol. The molecule has 0 bridgehead atoms. The summed E-state index contributed by atoms with van der Waals surface area (Å²) in [5.74, 6) is 0.529. The lowest BCUT2D eigenvalue weighted by Crippen LogP contribution is -2.36. The third kappa shape index (κ3) is 4.09. The summed E-state index contributed by atoms with van der Waals surface area (Å²) in [5.41, 5.74) is -0.239. The fraction of sp³-hybridized carbons (Fsp3) is 1.00. The van der Waals surface area contributed by atoms with Crippen LogP contribution in [0.2, 0.25) is 0 Å². The van der Waals surface area contributed by atoms with Gasteiger partial charge in [-0.1, -0.05) is 0 Å². The van der Waals surface area contributed by atoms with Gasteiger partial charge in [-0.25, -0.2) is 8.42 Å².